The van der Waals surface area contributed by atoms with Crippen molar-refractivity contribution in [3.05, 3.63) is 169 Å². The number of para-hydroxylation sites is 2. The van der Waals surface area contributed by atoms with Gasteiger partial charge in [-0.3, -0.25) is 9.55 Å². The van der Waals surface area contributed by atoms with Gasteiger partial charge in [-0.2, -0.15) is 0 Å². The van der Waals surface area contributed by atoms with Gasteiger partial charge in [0.1, 0.15) is 22.7 Å². The number of benzene rings is 7. The predicted octanol–water partition coefficient (Wildman–Crippen LogP) is 14.2. The zero-order valence-electron chi connectivity index (χ0n) is 34.4. The van der Waals surface area contributed by atoms with Crippen LogP contribution in [0.1, 0.15) is 52.7 Å². The van der Waals surface area contributed by atoms with Gasteiger partial charge < -0.3 is 9.52 Å². The molecule has 0 atom stereocenters. The predicted molar refractivity (Wildman–Crippen MR) is 243 cm³/mol. The maximum absolute atomic E-state index is 11.4. The molecule has 0 fully saturated rings. The summed E-state index contributed by atoms with van der Waals surface area (Å²) in [6.07, 6.45) is 1.87. The van der Waals surface area contributed by atoms with Gasteiger partial charge >= 0.3 is 0 Å². The van der Waals surface area contributed by atoms with Crippen LogP contribution in [0.5, 0.6) is 5.75 Å². The maximum atomic E-state index is 11.4. The van der Waals surface area contributed by atoms with Crippen LogP contribution >= 0.6 is 0 Å². The van der Waals surface area contributed by atoms with Crippen LogP contribution in [-0.2, 0) is 31.9 Å². The molecule has 0 aliphatic heterocycles. The van der Waals surface area contributed by atoms with Crippen molar-refractivity contribution in [2.75, 3.05) is 0 Å². The van der Waals surface area contributed by atoms with Crippen LogP contribution in [0.3, 0.4) is 0 Å². The van der Waals surface area contributed by atoms with Crippen molar-refractivity contribution in [2.24, 2.45) is 0 Å². The molecule has 60 heavy (non-hydrogen) atoms. The number of hydrogen-bond donors (Lipinski definition) is 1. The van der Waals surface area contributed by atoms with E-state index < -0.39 is 0 Å². The molecular formula is C54H44N3O2Pt-. The largest absolute Gasteiger partial charge is 0.507 e. The van der Waals surface area contributed by atoms with Crippen LogP contribution in [-0.4, -0.2) is 19.6 Å². The molecule has 3 aromatic heterocycles. The van der Waals surface area contributed by atoms with Gasteiger partial charge in [-0.1, -0.05) is 138 Å². The Hall–Kier alpha value is -6.29. The van der Waals surface area contributed by atoms with E-state index in [4.69, 9.17) is 14.4 Å². The fourth-order valence-corrected chi connectivity index (χ4v) is 8.31. The molecule has 0 amide bonds. The van der Waals surface area contributed by atoms with Gasteiger partial charge in [0.2, 0.25) is 0 Å². The molecule has 3 heterocycles. The zero-order chi connectivity index (χ0) is 40.6. The minimum atomic E-state index is -0.189. The monoisotopic (exact) mass is 961 g/mol. The molecule has 0 saturated heterocycles. The Morgan fingerprint density at radius 1 is 0.600 bits per heavy atom. The van der Waals surface area contributed by atoms with E-state index in [1.54, 1.807) is 6.07 Å². The van der Waals surface area contributed by atoms with Crippen molar-refractivity contribution in [2.45, 2.75) is 52.4 Å². The van der Waals surface area contributed by atoms with Crippen molar-refractivity contribution in [3.8, 4) is 56.3 Å². The summed E-state index contributed by atoms with van der Waals surface area (Å²) in [5.41, 5.74) is 12.7. The summed E-state index contributed by atoms with van der Waals surface area (Å²) in [4.78, 5) is 10.4. The summed E-state index contributed by atoms with van der Waals surface area (Å²) in [6, 6.07) is 54.0. The zero-order valence-corrected chi connectivity index (χ0v) is 36.7. The Kier molecular flexibility index (Phi) is 9.64. The molecule has 10 rings (SSSR count). The summed E-state index contributed by atoms with van der Waals surface area (Å²) >= 11 is 0. The molecule has 0 saturated carbocycles. The van der Waals surface area contributed by atoms with Crippen LogP contribution in [0.2, 0.25) is 0 Å². The third-order valence-electron chi connectivity index (χ3n) is 11.6. The van der Waals surface area contributed by atoms with Crippen LogP contribution < -0.4 is 0 Å². The topological polar surface area (TPSA) is 64.1 Å². The standard InChI is InChI=1S/C54H44N3O2.Pt/c1-53(2,3)38-23-24-45(43(32-38)33-15-8-7-9-16-33)57-46-21-14-20-40(50(46)56-52(57)42-19-12-13-22-47(42)58)36-27-37(29-39(28-36)54(4,5)6)49-51-41(25-26-55-49)44-30-34-17-10-11-18-35(34)31-48(44)59-51;/h7-26,28-32,58H,1-6H3;/q-1;. The number of aromatic hydroxyl groups is 1. The van der Waals surface area contributed by atoms with Crippen molar-refractivity contribution in [1.29, 1.82) is 0 Å². The number of imidazole rings is 1. The molecule has 5 nitrogen and oxygen atoms in total. The molecule has 0 spiro atoms. The quantitative estimate of drug-likeness (QED) is 0.175. The molecule has 10 aromatic rings. The molecule has 0 radical (unpaired) electrons. The van der Waals surface area contributed by atoms with E-state index in [0.717, 1.165) is 83.1 Å². The smallest absolute Gasteiger partial charge is 0.148 e. The first-order chi connectivity index (χ1) is 28.4. The van der Waals surface area contributed by atoms with Gasteiger partial charge in [-0.15, -0.1) is 29.3 Å². The number of phenols is 1. The fraction of sp³-hybridized carbons (Fsp3) is 0.148. The number of rotatable bonds is 5. The van der Waals surface area contributed by atoms with Crippen molar-refractivity contribution < 1.29 is 30.6 Å². The van der Waals surface area contributed by atoms with E-state index in [-0.39, 0.29) is 37.6 Å². The Labute approximate surface area is 364 Å². The molecule has 6 heteroatoms. The molecular weight excluding hydrogens is 918 g/mol. The normalized spacial score (nSPS) is 12.1. The Morgan fingerprint density at radius 3 is 2.03 bits per heavy atom. The van der Waals surface area contributed by atoms with Gasteiger partial charge in [0, 0.05) is 49.3 Å². The minimum Gasteiger partial charge on any atom is -0.507 e. The summed E-state index contributed by atoms with van der Waals surface area (Å²) in [5.74, 6) is 0.819. The van der Waals surface area contributed by atoms with E-state index in [9.17, 15) is 5.11 Å². The van der Waals surface area contributed by atoms with E-state index in [1.807, 2.05) is 36.5 Å². The number of furan rings is 1. The molecule has 0 bridgehead atoms. The van der Waals surface area contributed by atoms with Crippen LogP contribution in [0.25, 0.3) is 94.3 Å². The maximum Gasteiger partial charge on any atom is 0.148 e. The average Bonchev–Trinajstić information content (AvgIpc) is 3.80. The second kappa shape index (κ2) is 14.8. The van der Waals surface area contributed by atoms with Crippen LogP contribution in [0.15, 0.2) is 156 Å². The number of hydrogen-bond acceptors (Lipinski definition) is 4. The van der Waals surface area contributed by atoms with Crippen molar-refractivity contribution in [1.82, 2.24) is 14.5 Å². The number of phenolic OH excluding ortho intramolecular Hbond substituents is 1. The van der Waals surface area contributed by atoms with Crippen molar-refractivity contribution in [3.63, 3.8) is 0 Å². The van der Waals surface area contributed by atoms with Gasteiger partial charge in [0.05, 0.1) is 22.3 Å². The summed E-state index contributed by atoms with van der Waals surface area (Å²) in [5, 5.41) is 15.8. The van der Waals surface area contributed by atoms with Gasteiger partial charge in [-0.05, 0) is 81.3 Å². The van der Waals surface area contributed by atoms with E-state index in [0.29, 0.717) is 11.4 Å². The summed E-state index contributed by atoms with van der Waals surface area (Å²) in [7, 11) is 0. The number of aromatic nitrogens is 3. The van der Waals surface area contributed by atoms with Crippen LogP contribution in [0.4, 0.5) is 0 Å². The first-order valence-corrected chi connectivity index (χ1v) is 20.2. The van der Waals surface area contributed by atoms with Gasteiger partial charge in [0.25, 0.3) is 0 Å². The Balaban J connectivity index is 0.00000462. The second-order valence-electron chi connectivity index (χ2n) is 17.6. The molecule has 0 unspecified atom stereocenters. The van der Waals surface area contributed by atoms with Crippen LogP contribution in [0, 0.1) is 6.07 Å². The fourth-order valence-electron chi connectivity index (χ4n) is 8.31. The molecule has 7 aromatic carbocycles. The molecule has 298 valence electrons. The van der Waals surface area contributed by atoms with Gasteiger partial charge in [-0.25, -0.2) is 4.98 Å². The Bertz CT molecular complexity index is 3250. The molecule has 0 aliphatic carbocycles. The number of fused-ring (bicyclic) bond motifs is 5. The SMILES string of the molecule is CC(C)(C)c1cc(-c2cccc3c2nc(-c2ccccc2O)n3-c2ccc(C(C)(C)C)cc2-c2ccccc2)[c-]c(-c2nccc3c2oc2cc4ccccc4cc23)c1.[Pt]. The van der Waals surface area contributed by atoms with Gasteiger partial charge in [0.15, 0.2) is 0 Å². The van der Waals surface area contributed by atoms with E-state index in [1.165, 1.54) is 10.9 Å². The first kappa shape index (κ1) is 39.2. The molecule has 0 aliphatic rings. The average molecular weight is 962 g/mol. The summed E-state index contributed by atoms with van der Waals surface area (Å²) in [6.45, 7) is 13.4. The van der Waals surface area contributed by atoms with Crippen molar-refractivity contribution >= 4 is 43.7 Å². The number of pyridine rings is 1. The number of nitrogens with zero attached hydrogens (tertiary/aromatic N) is 3. The van der Waals surface area contributed by atoms with E-state index >= 15 is 0 Å². The first-order valence-electron chi connectivity index (χ1n) is 20.2. The third kappa shape index (κ3) is 6.72. The summed E-state index contributed by atoms with van der Waals surface area (Å²) < 4.78 is 8.88. The second-order valence-corrected chi connectivity index (χ2v) is 17.6. The third-order valence-corrected chi connectivity index (χ3v) is 11.6. The minimum absolute atomic E-state index is 0. The Morgan fingerprint density at radius 2 is 1.28 bits per heavy atom. The molecule has 1 N–H and O–H groups in total. The van der Waals surface area contributed by atoms with E-state index in [2.05, 4.69) is 161 Å².